The van der Waals surface area contributed by atoms with Gasteiger partial charge in [-0.2, -0.15) is 0 Å². The van der Waals surface area contributed by atoms with E-state index in [1.165, 1.54) is 7.11 Å². The average molecular weight is 257 g/mol. The minimum atomic E-state index is -0.643. The zero-order valence-corrected chi connectivity index (χ0v) is 11.1. The van der Waals surface area contributed by atoms with Crippen LogP contribution in [-0.4, -0.2) is 19.1 Å². The molecular formula is C16H19NO2. The molecule has 3 nitrogen and oxygen atoms in total. The largest absolute Gasteiger partial charge is 0.468 e. The highest BCUT2D eigenvalue weighted by Gasteiger charge is 2.13. The number of ether oxygens (including phenoxy) is 1. The van der Waals surface area contributed by atoms with Gasteiger partial charge in [0.25, 0.3) is 0 Å². The molecule has 0 aliphatic carbocycles. The van der Waals surface area contributed by atoms with Gasteiger partial charge in [0.05, 0.1) is 7.11 Å². The fraction of sp³-hybridized carbons (Fsp3) is 0.188. The molecule has 1 atom stereocenters. The summed E-state index contributed by atoms with van der Waals surface area (Å²) in [7, 11) is 1.33. The first-order valence-electron chi connectivity index (χ1n) is 6.00. The van der Waals surface area contributed by atoms with Crippen LogP contribution in [-0.2, 0) is 16.0 Å². The van der Waals surface area contributed by atoms with Crippen molar-refractivity contribution in [1.29, 1.82) is 0 Å². The summed E-state index contributed by atoms with van der Waals surface area (Å²) < 4.78 is 4.62. The first-order chi connectivity index (χ1) is 9.12. The smallest absolute Gasteiger partial charge is 0.322 e. The van der Waals surface area contributed by atoms with Crippen molar-refractivity contribution < 1.29 is 9.53 Å². The second kappa shape index (κ2) is 7.34. The monoisotopic (exact) mass is 257 g/mol. The van der Waals surface area contributed by atoms with E-state index in [4.69, 9.17) is 5.73 Å². The number of carbonyl (C=O) groups excluding carboxylic acids is 1. The number of allylic oxidation sites excluding steroid dienone is 2. The van der Waals surface area contributed by atoms with Gasteiger partial charge >= 0.3 is 5.97 Å². The Morgan fingerprint density at radius 3 is 2.53 bits per heavy atom. The van der Waals surface area contributed by atoms with Crippen LogP contribution in [0.5, 0.6) is 0 Å². The Bertz CT molecular complexity index is 587. The van der Waals surface area contributed by atoms with Gasteiger partial charge in [-0.3, -0.25) is 4.79 Å². The van der Waals surface area contributed by atoms with Crippen LogP contribution in [0.25, 0.3) is 12.2 Å². The van der Waals surface area contributed by atoms with Crippen LogP contribution in [0.4, 0.5) is 0 Å². The third-order valence-corrected chi connectivity index (χ3v) is 2.71. The molecule has 1 aromatic carbocycles. The van der Waals surface area contributed by atoms with Crippen LogP contribution in [0, 0.1) is 0 Å². The van der Waals surface area contributed by atoms with Crippen molar-refractivity contribution in [3.05, 3.63) is 59.5 Å². The molecule has 0 saturated carbocycles. The lowest BCUT2D eigenvalue weighted by molar-refractivity contribution is -0.142. The Hall–Kier alpha value is -2.13. The Morgan fingerprint density at radius 1 is 1.32 bits per heavy atom. The molecule has 1 rings (SSSR count). The zero-order chi connectivity index (χ0) is 14.3. The SMILES string of the molecule is C=C/C=c1/ccc(CC(N)C(=O)OC)c/c1=C/C=C. The maximum Gasteiger partial charge on any atom is 0.322 e. The van der Waals surface area contributed by atoms with Gasteiger partial charge in [-0.05, 0) is 22.4 Å². The van der Waals surface area contributed by atoms with E-state index in [1.807, 2.05) is 30.4 Å². The molecule has 3 heteroatoms. The molecule has 0 bridgehead atoms. The number of nitrogens with two attached hydrogens (primary N) is 1. The molecule has 0 fully saturated rings. The average Bonchev–Trinajstić information content (AvgIpc) is 2.41. The Kier molecular flexibility index (Phi) is 5.76. The highest BCUT2D eigenvalue weighted by molar-refractivity contribution is 5.75. The van der Waals surface area contributed by atoms with Crippen LogP contribution < -0.4 is 16.2 Å². The molecule has 0 heterocycles. The summed E-state index contributed by atoms with van der Waals surface area (Å²) in [5.41, 5.74) is 6.73. The van der Waals surface area contributed by atoms with Gasteiger partial charge in [-0.15, -0.1) is 0 Å². The number of carbonyl (C=O) groups is 1. The van der Waals surface area contributed by atoms with Gasteiger partial charge < -0.3 is 10.5 Å². The third kappa shape index (κ3) is 4.23. The standard InChI is InChI=1S/C16H19NO2/c1-4-6-13-9-8-12(10-14(13)7-5-2)11-15(17)16(18)19-3/h4-10,15H,1-2,11,17H2,3H3/b13-6-,14-7-. The second-order valence-electron chi connectivity index (χ2n) is 4.10. The molecule has 1 unspecified atom stereocenters. The molecular weight excluding hydrogens is 238 g/mol. The van der Waals surface area contributed by atoms with Gasteiger partial charge in [0, 0.05) is 0 Å². The minimum Gasteiger partial charge on any atom is -0.468 e. The predicted octanol–water partition coefficient (Wildman–Crippen LogP) is 0.662. The molecule has 0 spiro atoms. The summed E-state index contributed by atoms with van der Waals surface area (Å²) >= 11 is 0. The highest BCUT2D eigenvalue weighted by Crippen LogP contribution is 1.99. The van der Waals surface area contributed by atoms with E-state index >= 15 is 0 Å². The van der Waals surface area contributed by atoms with Gasteiger partial charge in [0.1, 0.15) is 6.04 Å². The summed E-state index contributed by atoms with van der Waals surface area (Å²) in [6.45, 7) is 7.38. The van der Waals surface area contributed by atoms with Crippen LogP contribution in [0.15, 0.2) is 43.5 Å². The maximum absolute atomic E-state index is 11.3. The van der Waals surface area contributed by atoms with E-state index in [0.29, 0.717) is 6.42 Å². The molecule has 0 aliphatic heterocycles. The van der Waals surface area contributed by atoms with Crippen molar-refractivity contribution in [3.8, 4) is 0 Å². The number of hydrogen-bond acceptors (Lipinski definition) is 3. The van der Waals surface area contributed by atoms with Crippen molar-refractivity contribution in [2.24, 2.45) is 5.73 Å². The van der Waals surface area contributed by atoms with Gasteiger partial charge in [0.15, 0.2) is 0 Å². The number of esters is 1. The first-order valence-corrected chi connectivity index (χ1v) is 6.00. The van der Waals surface area contributed by atoms with E-state index in [9.17, 15) is 4.79 Å². The molecule has 0 saturated heterocycles. The fourth-order valence-corrected chi connectivity index (χ4v) is 1.79. The van der Waals surface area contributed by atoms with Crippen molar-refractivity contribution in [2.45, 2.75) is 12.5 Å². The molecule has 0 aromatic heterocycles. The second-order valence-corrected chi connectivity index (χ2v) is 4.10. The summed E-state index contributed by atoms with van der Waals surface area (Å²) in [6.07, 6.45) is 7.72. The third-order valence-electron chi connectivity index (χ3n) is 2.71. The molecule has 2 N–H and O–H groups in total. The zero-order valence-electron chi connectivity index (χ0n) is 11.1. The van der Waals surface area contributed by atoms with E-state index < -0.39 is 12.0 Å². The van der Waals surface area contributed by atoms with Crippen LogP contribution in [0.3, 0.4) is 0 Å². The normalized spacial score (nSPS) is 14.0. The van der Waals surface area contributed by atoms with Crippen molar-refractivity contribution in [3.63, 3.8) is 0 Å². The number of methoxy groups -OCH3 is 1. The molecule has 0 aliphatic rings. The summed E-state index contributed by atoms with van der Waals surface area (Å²) in [4.78, 5) is 11.3. The summed E-state index contributed by atoms with van der Waals surface area (Å²) in [5.74, 6) is -0.406. The highest BCUT2D eigenvalue weighted by atomic mass is 16.5. The van der Waals surface area contributed by atoms with Crippen molar-refractivity contribution in [1.82, 2.24) is 0 Å². The molecule has 19 heavy (non-hydrogen) atoms. The van der Waals surface area contributed by atoms with Crippen LogP contribution in [0.1, 0.15) is 5.56 Å². The maximum atomic E-state index is 11.3. The lowest BCUT2D eigenvalue weighted by atomic mass is 10.0. The molecule has 0 radical (unpaired) electrons. The number of hydrogen-bond donors (Lipinski definition) is 1. The Labute approximate surface area is 113 Å². The minimum absolute atomic E-state index is 0.406. The molecule has 0 amide bonds. The van der Waals surface area contributed by atoms with Crippen LogP contribution >= 0.6 is 0 Å². The molecule has 100 valence electrons. The number of benzene rings is 1. The Balaban J connectivity index is 3.13. The predicted molar refractivity (Wildman–Crippen MR) is 78.7 cm³/mol. The quantitative estimate of drug-likeness (QED) is 0.789. The molecule has 1 aromatic rings. The van der Waals surface area contributed by atoms with E-state index in [0.717, 1.165) is 16.0 Å². The first kappa shape index (κ1) is 14.9. The fourth-order valence-electron chi connectivity index (χ4n) is 1.79. The summed E-state index contributed by atoms with van der Waals surface area (Å²) in [5, 5.41) is 2.06. The van der Waals surface area contributed by atoms with Gasteiger partial charge in [0.2, 0.25) is 0 Å². The number of rotatable bonds is 5. The van der Waals surface area contributed by atoms with Crippen LogP contribution in [0.2, 0.25) is 0 Å². The Morgan fingerprint density at radius 2 is 1.95 bits per heavy atom. The summed E-state index contributed by atoms with van der Waals surface area (Å²) in [6, 6.07) is 5.25. The van der Waals surface area contributed by atoms with Gasteiger partial charge in [-0.1, -0.05) is 55.7 Å². The van der Waals surface area contributed by atoms with Crippen molar-refractivity contribution in [2.75, 3.05) is 7.11 Å². The van der Waals surface area contributed by atoms with E-state index in [-0.39, 0.29) is 0 Å². The van der Waals surface area contributed by atoms with E-state index in [2.05, 4.69) is 17.9 Å². The van der Waals surface area contributed by atoms with Crippen molar-refractivity contribution >= 4 is 18.1 Å². The topological polar surface area (TPSA) is 52.3 Å². The van der Waals surface area contributed by atoms with E-state index in [1.54, 1.807) is 12.2 Å². The van der Waals surface area contributed by atoms with Gasteiger partial charge in [-0.25, -0.2) is 0 Å². The lowest BCUT2D eigenvalue weighted by Crippen LogP contribution is -2.34. The lowest BCUT2D eigenvalue weighted by Gasteiger charge is -2.09.